The van der Waals surface area contributed by atoms with E-state index >= 15 is 0 Å². The molecule has 0 saturated heterocycles. The molecule has 0 heterocycles. The molecule has 3 fully saturated rings. The molecule has 20 heavy (non-hydrogen) atoms. The van der Waals surface area contributed by atoms with Crippen molar-refractivity contribution in [2.75, 3.05) is 6.61 Å². The molecule has 3 N–H and O–H groups in total. The standard InChI is InChI=1S/C16H28N2O2/c1-2-20-14-10-13(16(14)7-3-4-8-16)18-15(19)11-5-6-12(17)9-11/h11-14H,2-10,17H2,1H3,(H,18,19). The Balaban J connectivity index is 1.59. The number of carbonyl (C=O) groups excluding carboxylic acids is 1. The van der Waals surface area contributed by atoms with Gasteiger partial charge in [0.05, 0.1) is 6.10 Å². The summed E-state index contributed by atoms with van der Waals surface area (Å²) in [6.45, 7) is 2.85. The normalized spacial score (nSPS) is 38.9. The number of nitrogens with two attached hydrogens (primary N) is 1. The quantitative estimate of drug-likeness (QED) is 0.827. The van der Waals surface area contributed by atoms with Gasteiger partial charge in [-0.05, 0) is 45.4 Å². The summed E-state index contributed by atoms with van der Waals surface area (Å²) in [7, 11) is 0. The number of hydrogen-bond acceptors (Lipinski definition) is 3. The van der Waals surface area contributed by atoms with Crippen LogP contribution in [-0.2, 0) is 9.53 Å². The van der Waals surface area contributed by atoms with Crippen molar-refractivity contribution in [3.8, 4) is 0 Å². The Hall–Kier alpha value is -0.610. The third-order valence-corrected chi connectivity index (χ3v) is 5.85. The van der Waals surface area contributed by atoms with Crippen LogP contribution in [0.5, 0.6) is 0 Å². The fraction of sp³-hybridized carbons (Fsp3) is 0.938. The molecule has 114 valence electrons. The molecule has 0 radical (unpaired) electrons. The van der Waals surface area contributed by atoms with Gasteiger partial charge in [0.1, 0.15) is 0 Å². The van der Waals surface area contributed by atoms with Crippen molar-refractivity contribution in [3.63, 3.8) is 0 Å². The van der Waals surface area contributed by atoms with E-state index in [4.69, 9.17) is 10.5 Å². The van der Waals surface area contributed by atoms with Crippen LogP contribution in [0, 0.1) is 11.3 Å². The molecule has 0 aromatic carbocycles. The van der Waals surface area contributed by atoms with Gasteiger partial charge in [-0.1, -0.05) is 12.8 Å². The smallest absolute Gasteiger partial charge is 0.223 e. The van der Waals surface area contributed by atoms with Gasteiger partial charge in [-0.2, -0.15) is 0 Å². The lowest BCUT2D eigenvalue weighted by atomic mass is 9.60. The Morgan fingerprint density at radius 3 is 2.65 bits per heavy atom. The number of amides is 1. The minimum atomic E-state index is 0.148. The Bertz CT molecular complexity index is 365. The van der Waals surface area contributed by atoms with Crippen LogP contribution in [0.15, 0.2) is 0 Å². The predicted octanol–water partition coefficient (Wildman–Crippen LogP) is 1.97. The zero-order valence-electron chi connectivity index (χ0n) is 12.6. The van der Waals surface area contributed by atoms with Crippen molar-refractivity contribution >= 4 is 5.91 Å². The second kappa shape index (κ2) is 5.64. The van der Waals surface area contributed by atoms with Crippen LogP contribution < -0.4 is 11.1 Å². The van der Waals surface area contributed by atoms with Crippen molar-refractivity contribution in [1.82, 2.24) is 5.32 Å². The van der Waals surface area contributed by atoms with Crippen LogP contribution in [0.2, 0.25) is 0 Å². The lowest BCUT2D eigenvalue weighted by molar-refractivity contribution is -0.146. The molecule has 1 amide bonds. The van der Waals surface area contributed by atoms with E-state index < -0.39 is 0 Å². The number of nitrogens with one attached hydrogen (secondary N) is 1. The topological polar surface area (TPSA) is 64.3 Å². The fourth-order valence-corrected chi connectivity index (χ4v) is 4.63. The molecule has 4 unspecified atom stereocenters. The maximum atomic E-state index is 12.4. The van der Waals surface area contributed by atoms with Crippen molar-refractivity contribution in [3.05, 3.63) is 0 Å². The molecule has 0 bridgehead atoms. The van der Waals surface area contributed by atoms with E-state index in [-0.39, 0.29) is 23.3 Å². The van der Waals surface area contributed by atoms with Crippen LogP contribution in [0.4, 0.5) is 0 Å². The monoisotopic (exact) mass is 280 g/mol. The minimum Gasteiger partial charge on any atom is -0.378 e. The average Bonchev–Trinajstić information content (AvgIpc) is 3.07. The van der Waals surface area contributed by atoms with Gasteiger partial charge in [0.25, 0.3) is 0 Å². The highest BCUT2D eigenvalue weighted by Gasteiger charge is 2.57. The van der Waals surface area contributed by atoms with Gasteiger partial charge in [-0.15, -0.1) is 0 Å². The Kier molecular flexibility index (Phi) is 4.04. The first-order chi connectivity index (χ1) is 9.65. The Morgan fingerprint density at radius 1 is 1.30 bits per heavy atom. The van der Waals surface area contributed by atoms with Crippen LogP contribution in [0.25, 0.3) is 0 Å². The van der Waals surface area contributed by atoms with Crippen LogP contribution in [-0.4, -0.2) is 30.7 Å². The fourth-order valence-electron chi connectivity index (χ4n) is 4.63. The summed E-state index contributed by atoms with van der Waals surface area (Å²) in [5, 5.41) is 3.33. The first-order valence-corrected chi connectivity index (χ1v) is 8.33. The molecule has 1 spiro atoms. The summed E-state index contributed by atoms with van der Waals surface area (Å²) >= 11 is 0. The van der Waals surface area contributed by atoms with Gasteiger partial charge in [-0.25, -0.2) is 0 Å². The van der Waals surface area contributed by atoms with E-state index in [1.54, 1.807) is 0 Å². The van der Waals surface area contributed by atoms with Crippen LogP contribution in [0.1, 0.15) is 58.3 Å². The summed E-state index contributed by atoms with van der Waals surface area (Å²) in [5.74, 6) is 0.388. The second-order valence-corrected chi connectivity index (χ2v) is 6.95. The number of rotatable bonds is 4. The molecule has 0 aromatic heterocycles. The Labute approximate surface area is 121 Å². The van der Waals surface area contributed by atoms with Gasteiger partial charge < -0.3 is 15.8 Å². The van der Waals surface area contributed by atoms with Crippen molar-refractivity contribution < 1.29 is 9.53 Å². The molecule has 4 atom stereocenters. The molecular weight excluding hydrogens is 252 g/mol. The lowest BCUT2D eigenvalue weighted by Crippen LogP contribution is -2.64. The molecule has 0 aliphatic heterocycles. The van der Waals surface area contributed by atoms with Gasteiger partial charge >= 0.3 is 0 Å². The summed E-state index contributed by atoms with van der Waals surface area (Å²) in [6.07, 6.45) is 9.18. The third-order valence-electron chi connectivity index (χ3n) is 5.85. The molecule has 3 saturated carbocycles. The SMILES string of the molecule is CCOC1CC(NC(=O)C2CCC(N)C2)C12CCCC2. The highest BCUT2D eigenvalue weighted by atomic mass is 16.5. The molecule has 4 nitrogen and oxygen atoms in total. The van der Waals surface area contributed by atoms with Crippen molar-refractivity contribution in [2.45, 2.75) is 76.5 Å². The van der Waals surface area contributed by atoms with E-state index in [2.05, 4.69) is 12.2 Å². The molecule has 3 aliphatic rings. The lowest BCUT2D eigenvalue weighted by Gasteiger charge is -2.54. The highest BCUT2D eigenvalue weighted by molar-refractivity contribution is 5.79. The molecule has 4 heteroatoms. The summed E-state index contributed by atoms with van der Waals surface area (Å²) < 4.78 is 5.90. The number of ether oxygens (including phenoxy) is 1. The van der Waals surface area contributed by atoms with E-state index in [0.717, 1.165) is 32.3 Å². The molecule has 3 aliphatic carbocycles. The maximum absolute atomic E-state index is 12.4. The van der Waals surface area contributed by atoms with Crippen molar-refractivity contribution in [1.29, 1.82) is 0 Å². The zero-order valence-corrected chi connectivity index (χ0v) is 12.6. The Morgan fingerprint density at radius 2 is 2.05 bits per heavy atom. The van der Waals surface area contributed by atoms with Gasteiger partial charge in [0.15, 0.2) is 0 Å². The largest absolute Gasteiger partial charge is 0.378 e. The first-order valence-electron chi connectivity index (χ1n) is 8.33. The number of carbonyl (C=O) groups is 1. The zero-order chi connectivity index (χ0) is 14.2. The predicted molar refractivity (Wildman–Crippen MR) is 78.2 cm³/mol. The van der Waals surface area contributed by atoms with Gasteiger partial charge in [-0.3, -0.25) is 4.79 Å². The maximum Gasteiger partial charge on any atom is 0.223 e. The van der Waals surface area contributed by atoms with Crippen LogP contribution in [0.3, 0.4) is 0 Å². The van der Waals surface area contributed by atoms with E-state index in [0.29, 0.717) is 12.1 Å². The second-order valence-electron chi connectivity index (χ2n) is 6.95. The third kappa shape index (κ3) is 2.37. The molecule has 0 aromatic rings. The van der Waals surface area contributed by atoms with Crippen molar-refractivity contribution in [2.24, 2.45) is 17.1 Å². The van der Waals surface area contributed by atoms with E-state index in [9.17, 15) is 4.79 Å². The van der Waals surface area contributed by atoms with Gasteiger partial charge in [0.2, 0.25) is 5.91 Å². The molecular formula is C16H28N2O2. The van der Waals surface area contributed by atoms with Gasteiger partial charge in [0, 0.05) is 30.0 Å². The highest BCUT2D eigenvalue weighted by Crippen LogP contribution is 2.54. The summed E-state index contributed by atoms with van der Waals surface area (Å²) in [5.41, 5.74) is 6.16. The van der Waals surface area contributed by atoms with Crippen LogP contribution >= 0.6 is 0 Å². The summed E-state index contributed by atoms with van der Waals surface area (Å²) in [6, 6.07) is 0.564. The average molecular weight is 280 g/mol. The molecule has 3 rings (SSSR count). The minimum absolute atomic E-state index is 0.148. The van der Waals surface area contributed by atoms with E-state index in [1.807, 2.05) is 0 Å². The summed E-state index contributed by atoms with van der Waals surface area (Å²) in [4.78, 5) is 12.4. The van der Waals surface area contributed by atoms with E-state index in [1.165, 1.54) is 25.7 Å². The number of hydrogen-bond donors (Lipinski definition) is 2. The first kappa shape index (κ1) is 14.3.